The van der Waals surface area contributed by atoms with E-state index in [9.17, 15) is 9.59 Å². The summed E-state index contributed by atoms with van der Waals surface area (Å²) in [5, 5.41) is 3.63. The summed E-state index contributed by atoms with van der Waals surface area (Å²) in [5.74, 6) is 0.196. The molecule has 0 aliphatic rings. The van der Waals surface area contributed by atoms with Crippen LogP contribution < -0.4 is 15.6 Å². The number of ether oxygens (including phenoxy) is 1. The van der Waals surface area contributed by atoms with Gasteiger partial charge < -0.3 is 10.1 Å². The van der Waals surface area contributed by atoms with Gasteiger partial charge in [0.1, 0.15) is 12.3 Å². The lowest BCUT2D eigenvalue weighted by molar-refractivity contribution is -0.116. The maximum atomic E-state index is 12.4. The first-order valence-electron chi connectivity index (χ1n) is 7.16. The molecule has 0 bridgehead atoms. The number of carbonyl (C=O) groups excluding carboxylic acids is 1. The van der Waals surface area contributed by atoms with Crippen LogP contribution >= 0.6 is 11.6 Å². The van der Waals surface area contributed by atoms with E-state index in [1.807, 2.05) is 0 Å². The van der Waals surface area contributed by atoms with Gasteiger partial charge in [-0.1, -0.05) is 23.7 Å². The largest absolute Gasteiger partial charge is 0.495 e. The van der Waals surface area contributed by atoms with Crippen LogP contribution in [-0.4, -0.2) is 22.6 Å². The fourth-order valence-corrected chi connectivity index (χ4v) is 2.50. The van der Waals surface area contributed by atoms with Crippen molar-refractivity contribution in [3.8, 4) is 5.75 Å². The molecule has 2 aromatic carbocycles. The molecule has 0 aliphatic heterocycles. The number of anilines is 1. The summed E-state index contributed by atoms with van der Waals surface area (Å²) in [6.07, 6.45) is 1.34. The minimum Gasteiger partial charge on any atom is -0.495 e. The van der Waals surface area contributed by atoms with Gasteiger partial charge in [-0.05, 0) is 30.3 Å². The zero-order valence-corrected chi connectivity index (χ0v) is 13.6. The number of hydrogen-bond donors (Lipinski definition) is 1. The van der Waals surface area contributed by atoms with Crippen molar-refractivity contribution in [2.24, 2.45) is 0 Å². The molecule has 0 spiro atoms. The van der Waals surface area contributed by atoms with Crippen LogP contribution in [0.2, 0.25) is 5.02 Å². The smallest absolute Gasteiger partial charge is 0.261 e. The van der Waals surface area contributed by atoms with Gasteiger partial charge in [-0.15, -0.1) is 0 Å². The standard InChI is InChI=1S/C17H14ClN3O3/c1-24-15-5-3-2-4-13(15)20-16(22)9-21-10-19-14-8-11(18)6-7-12(14)17(21)23/h2-8,10H,9H2,1H3,(H,20,22). The monoisotopic (exact) mass is 343 g/mol. The first kappa shape index (κ1) is 16.0. The number of para-hydroxylation sites is 2. The second-order valence-corrected chi connectivity index (χ2v) is 5.52. The molecule has 1 amide bonds. The molecule has 1 aromatic heterocycles. The van der Waals surface area contributed by atoms with Crippen molar-refractivity contribution in [1.82, 2.24) is 9.55 Å². The Morgan fingerprint density at radius 1 is 1.29 bits per heavy atom. The van der Waals surface area contributed by atoms with Gasteiger partial charge in [0.15, 0.2) is 0 Å². The van der Waals surface area contributed by atoms with E-state index in [2.05, 4.69) is 10.3 Å². The molecule has 7 heteroatoms. The second-order valence-electron chi connectivity index (χ2n) is 5.09. The molecule has 24 heavy (non-hydrogen) atoms. The predicted octanol–water partition coefficient (Wildman–Crippen LogP) is 2.70. The topological polar surface area (TPSA) is 73.2 Å². The molecule has 122 valence electrons. The maximum absolute atomic E-state index is 12.4. The number of hydrogen-bond acceptors (Lipinski definition) is 4. The molecule has 0 saturated heterocycles. The minimum atomic E-state index is -0.350. The molecule has 1 N–H and O–H groups in total. The summed E-state index contributed by atoms with van der Waals surface area (Å²) in [7, 11) is 1.52. The normalized spacial score (nSPS) is 10.6. The van der Waals surface area contributed by atoms with Gasteiger partial charge in [0.2, 0.25) is 5.91 Å². The average molecular weight is 344 g/mol. The van der Waals surface area contributed by atoms with E-state index < -0.39 is 0 Å². The number of fused-ring (bicyclic) bond motifs is 1. The highest BCUT2D eigenvalue weighted by Gasteiger charge is 2.10. The first-order valence-corrected chi connectivity index (χ1v) is 7.54. The zero-order chi connectivity index (χ0) is 17.1. The number of aromatic nitrogens is 2. The van der Waals surface area contributed by atoms with Crippen molar-refractivity contribution in [1.29, 1.82) is 0 Å². The molecule has 0 fully saturated rings. The van der Waals surface area contributed by atoms with E-state index in [0.29, 0.717) is 27.4 Å². The van der Waals surface area contributed by atoms with Crippen molar-refractivity contribution in [2.45, 2.75) is 6.54 Å². The summed E-state index contributed by atoms with van der Waals surface area (Å²) in [6, 6.07) is 11.9. The Bertz CT molecular complexity index is 969. The van der Waals surface area contributed by atoms with E-state index in [-0.39, 0.29) is 18.0 Å². The molecule has 0 saturated carbocycles. The fraction of sp³-hybridized carbons (Fsp3) is 0.118. The second kappa shape index (κ2) is 6.72. The number of amides is 1. The number of halogens is 1. The Labute approximate surface area is 142 Å². The summed E-state index contributed by atoms with van der Waals surface area (Å²) in [5.41, 5.74) is 0.735. The Kier molecular flexibility index (Phi) is 4.48. The van der Waals surface area contributed by atoms with Crippen molar-refractivity contribution < 1.29 is 9.53 Å². The van der Waals surface area contributed by atoms with Crippen molar-refractivity contribution in [2.75, 3.05) is 12.4 Å². The number of methoxy groups -OCH3 is 1. The summed E-state index contributed by atoms with van der Waals surface area (Å²) in [6.45, 7) is -0.150. The lowest BCUT2D eigenvalue weighted by Gasteiger charge is -2.11. The lowest BCUT2D eigenvalue weighted by Crippen LogP contribution is -2.28. The predicted molar refractivity (Wildman–Crippen MR) is 92.6 cm³/mol. The highest BCUT2D eigenvalue weighted by atomic mass is 35.5. The van der Waals surface area contributed by atoms with Gasteiger partial charge in [-0.2, -0.15) is 0 Å². The van der Waals surface area contributed by atoms with Crippen LogP contribution in [0.3, 0.4) is 0 Å². The maximum Gasteiger partial charge on any atom is 0.261 e. The van der Waals surface area contributed by atoms with Gasteiger partial charge in [0.25, 0.3) is 5.56 Å². The SMILES string of the molecule is COc1ccccc1NC(=O)Cn1cnc2cc(Cl)ccc2c1=O. The summed E-state index contributed by atoms with van der Waals surface area (Å²) < 4.78 is 6.43. The number of nitrogens with zero attached hydrogens (tertiary/aromatic N) is 2. The minimum absolute atomic E-state index is 0.150. The quantitative estimate of drug-likeness (QED) is 0.790. The number of carbonyl (C=O) groups is 1. The van der Waals surface area contributed by atoms with E-state index >= 15 is 0 Å². The Morgan fingerprint density at radius 2 is 2.08 bits per heavy atom. The fourth-order valence-electron chi connectivity index (χ4n) is 2.34. The molecule has 0 unspecified atom stereocenters. The molecule has 0 atom stereocenters. The number of rotatable bonds is 4. The van der Waals surface area contributed by atoms with E-state index in [1.54, 1.807) is 42.5 Å². The van der Waals surface area contributed by atoms with Crippen molar-refractivity contribution >= 4 is 34.1 Å². The molecule has 0 radical (unpaired) electrons. The lowest BCUT2D eigenvalue weighted by atomic mass is 10.2. The van der Waals surface area contributed by atoms with Crippen LogP contribution in [0.15, 0.2) is 53.6 Å². The summed E-state index contributed by atoms with van der Waals surface area (Å²) in [4.78, 5) is 28.8. The average Bonchev–Trinajstić information content (AvgIpc) is 2.58. The molecule has 6 nitrogen and oxygen atoms in total. The number of benzene rings is 2. The Hall–Kier alpha value is -2.86. The van der Waals surface area contributed by atoms with Crippen molar-refractivity contribution in [3.05, 3.63) is 64.2 Å². The van der Waals surface area contributed by atoms with Gasteiger partial charge in [0, 0.05) is 5.02 Å². The van der Waals surface area contributed by atoms with Crippen LogP contribution in [0.1, 0.15) is 0 Å². The molecule has 3 rings (SSSR count). The third kappa shape index (κ3) is 3.23. The molecule has 0 aliphatic carbocycles. The highest BCUT2D eigenvalue weighted by Crippen LogP contribution is 2.22. The van der Waals surface area contributed by atoms with E-state index in [4.69, 9.17) is 16.3 Å². The third-order valence-electron chi connectivity index (χ3n) is 3.48. The van der Waals surface area contributed by atoms with Crippen LogP contribution in [0.25, 0.3) is 10.9 Å². The Morgan fingerprint density at radius 3 is 2.88 bits per heavy atom. The van der Waals surface area contributed by atoms with Gasteiger partial charge in [-0.25, -0.2) is 4.98 Å². The van der Waals surface area contributed by atoms with Gasteiger partial charge in [0.05, 0.1) is 30.0 Å². The van der Waals surface area contributed by atoms with Gasteiger partial charge >= 0.3 is 0 Å². The van der Waals surface area contributed by atoms with E-state index in [0.717, 1.165) is 0 Å². The van der Waals surface area contributed by atoms with Crippen LogP contribution in [0.5, 0.6) is 5.75 Å². The molecular weight excluding hydrogens is 330 g/mol. The first-order chi connectivity index (χ1) is 11.6. The molecule has 1 heterocycles. The third-order valence-corrected chi connectivity index (χ3v) is 3.72. The molecular formula is C17H14ClN3O3. The number of nitrogens with one attached hydrogen (secondary N) is 1. The van der Waals surface area contributed by atoms with Gasteiger partial charge in [-0.3, -0.25) is 14.2 Å². The Balaban J connectivity index is 1.84. The van der Waals surface area contributed by atoms with E-state index in [1.165, 1.54) is 18.0 Å². The van der Waals surface area contributed by atoms with Crippen LogP contribution in [0.4, 0.5) is 5.69 Å². The van der Waals surface area contributed by atoms with Crippen LogP contribution in [0, 0.1) is 0 Å². The summed E-state index contributed by atoms with van der Waals surface area (Å²) >= 11 is 5.89. The molecule has 3 aromatic rings. The highest BCUT2D eigenvalue weighted by molar-refractivity contribution is 6.31. The zero-order valence-electron chi connectivity index (χ0n) is 12.8. The van der Waals surface area contributed by atoms with Crippen molar-refractivity contribution in [3.63, 3.8) is 0 Å². The van der Waals surface area contributed by atoms with Crippen LogP contribution in [-0.2, 0) is 11.3 Å².